The Morgan fingerprint density at radius 2 is 2.05 bits per heavy atom. The molecule has 0 radical (unpaired) electrons. The molecule has 0 amide bonds. The number of benzene rings is 1. The summed E-state index contributed by atoms with van der Waals surface area (Å²) in [4.78, 5) is 4.41. The lowest BCUT2D eigenvalue weighted by molar-refractivity contribution is -0.137. The van der Waals surface area contributed by atoms with Crippen LogP contribution in [0.5, 0.6) is 0 Å². The summed E-state index contributed by atoms with van der Waals surface area (Å²) in [6.07, 6.45) is -4.36. The molecule has 0 aliphatic carbocycles. The van der Waals surface area contributed by atoms with E-state index in [-0.39, 0.29) is 12.6 Å². The highest BCUT2D eigenvalue weighted by Gasteiger charge is 2.32. The maximum Gasteiger partial charge on any atom is 0.416 e. The van der Waals surface area contributed by atoms with E-state index in [1.54, 1.807) is 6.07 Å². The van der Waals surface area contributed by atoms with Crippen molar-refractivity contribution < 1.29 is 18.3 Å². The first-order valence-corrected chi connectivity index (χ1v) is 7.63. The fourth-order valence-corrected chi connectivity index (χ4v) is 3.13. The predicted octanol–water partition coefficient (Wildman–Crippen LogP) is 2.76. The van der Waals surface area contributed by atoms with Crippen molar-refractivity contribution in [1.29, 1.82) is 0 Å². The molecule has 2 unspecified atom stereocenters. The van der Waals surface area contributed by atoms with Gasteiger partial charge in [-0.1, -0.05) is 19.1 Å². The minimum Gasteiger partial charge on any atom is -0.394 e. The molecule has 2 atom stereocenters. The molecule has 1 saturated heterocycles. The van der Waals surface area contributed by atoms with Gasteiger partial charge in [0.1, 0.15) is 0 Å². The summed E-state index contributed by atoms with van der Waals surface area (Å²) in [5.41, 5.74) is -0.141. The Morgan fingerprint density at radius 1 is 1.32 bits per heavy atom. The monoisotopic (exact) mass is 316 g/mol. The number of nitrogens with zero attached hydrogens (tertiary/aromatic N) is 2. The second-order valence-electron chi connectivity index (χ2n) is 5.79. The molecule has 0 spiro atoms. The van der Waals surface area contributed by atoms with Crippen LogP contribution in [0.15, 0.2) is 24.3 Å². The van der Waals surface area contributed by atoms with E-state index in [1.807, 2.05) is 0 Å². The maximum atomic E-state index is 12.9. The smallest absolute Gasteiger partial charge is 0.394 e. The second-order valence-corrected chi connectivity index (χ2v) is 5.79. The highest BCUT2D eigenvalue weighted by Crippen LogP contribution is 2.32. The molecule has 1 aliphatic heterocycles. The summed E-state index contributed by atoms with van der Waals surface area (Å²) in [6, 6.07) is 5.23. The summed E-state index contributed by atoms with van der Waals surface area (Å²) in [5, 5.41) is 9.70. The molecule has 1 fully saturated rings. The number of hydrogen-bond donors (Lipinski definition) is 1. The van der Waals surface area contributed by atoms with E-state index in [0.29, 0.717) is 11.6 Å². The average Bonchev–Trinajstić information content (AvgIpc) is 2.48. The van der Waals surface area contributed by atoms with Crippen LogP contribution in [0, 0.1) is 0 Å². The van der Waals surface area contributed by atoms with Crippen LogP contribution in [0.2, 0.25) is 0 Å². The van der Waals surface area contributed by atoms with Crippen molar-refractivity contribution in [3.05, 3.63) is 35.4 Å². The number of halogens is 3. The Hall–Kier alpha value is -1.11. The number of piperazine rings is 1. The molecule has 2 rings (SSSR count). The van der Waals surface area contributed by atoms with Crippen molar-refractivity contribution in [2.75, 3.05) is 32.8 Å². The zero-order valence-corrected chi connectivity index (χ0v) is 13.0. The molecule has 1 heterocycles. The molecule has 1 N–H and O–H groups in total. The average molecular weight is 316 g/mol. The molecule has 3 nitrogen and oxygen atoms in total. The van der Waals surface area contributed by atoms with E-state index in [0.717, 1.165) is 38.3 Å². The van der Waals surface area contributed by atoms with Gasteiger partial charge in [-0.25, -0.2) is 0 Å². The van der Waals surface area contributed by atoms with Crippen LogP contribution in [-0.2, 0) is 6.18 Å². The number of alkyl halides is 3. The van der Waals surface area contributed by atoms with E-state index < -0.39 is 11.7 Å². The van der Waals surface area contributed by atoms with Gasteiger partial charge in [-0.05, 0) is 31.2 Å². The van der Waals surface area contributed by atoms with E-state index in [2.05, 4.69) is 23.6 Å². The third-order valence-corrected chi connectivity index (χ3v) is 4.42. The molecular weight excluding hydrogens is 293 g/mol. The van der Waals surface area contributed by atoms with E-state index in [4.69, 9.17) is 0 Å². The van der Waals surface area contributed by atoms with Crippen molar-refractivity contribution in [3.8, 4) is 0 Å². The summed E-state index contributed by atoms with van der Waals surface area (Å²) < 4.78 is 38.6. The van der Waals surface area contributed by atoms with Crippen molar-refractivity contribution in [2.24, 2.45) is 0 Å². The molecule has 0 bridgehead atoms. The Labute approximate surface area is 129 Å². The lowest BCUT2D eigenvalue weighted by Gasteiger charge is -2.42. The fraction of sp³-hybridized carbons (Fsp3) is 0.625. The first-order chi connectivity index (χ1) is 10.4. The molecule has 1 aromatic rings. The first-order valence-electron chi connectivity index (χ1n) is 7.63. The lowest BCUT2D eigenvalue weighted by Crippen LogP contribution is -2.53. The quantitative estimate of drug-likeness (QED) is 0.925. The van der Waals surface area contributed by atoms with Gasteiger partial charge in [0.2, 0.25) is 0 Å². The number of hydrogen-bond acceptors (Lipinski definition) is 3. The van der Waals surface area contributed by atoms with Gasteiger partial charge in [0, 0.05) is 25.7 Å². The number of aliphatic hydroxyl groups excluding tert-OH is 1. The fourth-order valence-electron chi connectivity index (χ4n) is 3.13. The normalized spacial score (nSPS) is 22.7. The lowest BCUT2D eigenvalue weighted by atomic mass is 10.0. The molecule has 1 aliphatic rings. The largest absolute Gasteiger partial charge is 0.416 e. The Kier molecular flexibility index (Phi) is 5.47. The number of aliphatic hydroxyl groups is 1. The molecule has 1 aromatic carbocycles. The standard InChI is InChI=1S/C16H23F3N2O/c1-3-20-7-8-21(10-12(20)2)15(11-22)13-5-4-6-14(9-13)16(17,18)19/h4-6,9,12,15,22H,3,7-8,10-11H2,1-2H3. The van der Waals surface area contributed by atoms with Crippen molar-refractivity contribution in [2.45, 2.75) is 32.1 Å². The van der Waals surface area contributed by atoms with Gasteiger partial charge < -0.3 is 5.11 Å². The molecule has 0 saturated carbocycles. The van der Waals surface area contributed by atoms with Crippen LogP contribution in [0.4, 0.5) is 13.2 Å². The zero-order chi connectivity index (χ0) is 16.3. The van der Waals surface area contributed by atoms with Gasteiger partial charge in [0.25, 0.3) is 0 Å². The SMILES string of the molecule is CCN1CCN(C(CO)c2cccc(C(F)(F)F)c2)CC1C. The summed E-state index contributed by atoms with van der Waals surface area (Å²) in [6.45, 7) is 7.35. The summed E-state index contributed by atoms with van der Waals surface area (Å²) >= 11 is 0. The van der Waals surface area contributed by atoms with Crippen molar-refractivity contribution in [1.82, 2.24) is 9.80 Å². The summed E-state index contributed by atoms with van der Waals surface area (Å²) in [7, 11) is 0. The van der Waals surface area contributed by atoms with E-state index in [9.17, 15) is 18.3 Å². The van der Waals surface area contributed by atoms with Crippen LogP contribution >= 0.6 is 0 Å². The number of likely N-dealkylation sites (N-methyl/N-ethyl adjacent to an activating group) is 1. The van der Waals surface area contributed by atoms with Crippen molar-refractivity contribution >= 4 is 0 Å². The first kappa shape index (κ1) is 17.2. The Morgan fingerprint density at radius 3 is 2.59 bits per heavy atom. The molecular formula is C16H23F3N2O. The minimum absolute atomic E-state index is 0.180. The maximum absolute atomic E-state index is 12.9. The molecule has 0 aromatic heterocycles. The third-order valence-electron chi connectivity index (χ3n) is 4.42. The predicted molar refractivity (Wildman–Crippen MR) is 79.6 cm³/mol. The third kappa shape index (κ3) is 3.80. The highest BCUT2D eigenvalue weighted by molar-refractivity contribution is 5.28. The van der Waals surface area contributed by atoms with Gasteiger partial charge in [-0.15, -0.1) is 0 Å². The minimum atomic E-state index is -4.36. The van der Waals surface area contributed by atoms with Crippen LogP contribution in [0.25, 0.3) is 0 Å². The second kappa shape index (κ2) is 6.98. The van der Waals surface area contributed by atoms with Gasteiger partial charge in [0.05, 0.1) is 18.2 Å². The van der Waals surface area contributed by atoms with Crippen LogP contribution in [0.3, 0.4) is 0 Å². The highest BCUT2D eigenvalue weighted by atomic mass is 19.4. The van der Waals surface area contributed by atoms with Crippen LogP contribution in [0.1, 0.15) is 31.0 Å². The van der Waals surface area contributed by atoms with E-state index >= 15 is 0 Å². The van der Waals surface area contributed by atoms with Gasteiger partial charge in [-0.3, -0.25) is 9.80 Å². The Bertz CT molecular complexity index is 493. The molecule has 6 heteroatoms. The zero-order valence-electron chi connectivity index (χ0n) is 13.0. The molecule has 22 heavy (non-hydrogen) atoms. The van der Waals surface area contributed by atoms with E-state index in [1.165, 1.54) is 6.07 Å². The topological polar surface area (TPSA) is 26.7 Å². The van der Waals surface area contributed by atoms with Crippen LogP contribution in [-0.4, -0.2) is 53.7 Å². The van der Waals surface area contributed by atoms with Crippen molar-refractivity contribution in [3.63, 3.8) is 0 Å². The van der Waals surface area contributed by atoms with Crippen LogP contribution < -0.4 is 0 Å². The molecule has 124 valence electrons. The summed E-state index contributed by atoms with van der Waals surface area (Å²) in [5.74, 6) is 0. The number of rotatable bonds is 4. The van der Waals surface area contributed by atoms with Gasteiger partial charge in [0.15, 0.2) is 0 Å². The Balaban J connectivity index is 2.19. The van der Waals surface area contributed by atoms with Gasteiger partial charge in [-0.2, -0.15) is 13.2 Å². The van der Waals surface area contributed by atoms with Gasteiger partial charge >= 0.3 is 6.18 Å².